The molecule has 1 atom stereocenters. The smallest absolute Gasteiger partial charge is 0.322 e. The molecule has 22 heavy (non-hydrogen) atoms. The molecule has 1 aromatic heterocycles. The Bertz CT molecular complexity index is 867. The van der Waals surface area contributed by atoms with Crippen molar-refractivity contribution in [3.05, 3.63) is 42.6 Å². The zero-order valence-electron chi connectivity index (χ0n) is 12.0. The normalized spacial score (nSPS) is 19.6. The van der Waals surface area contributed by atoms with Crippen molar-refractivity contribution >= 4 is 26.9 Å². The van der Waals surface area contributed by atoms with Crippen molar-refractivity contribution in [2.24, 2.45) is 7.05 Å². The molecule has 116 valence electrons. The topological polar surface area (TPSA) is 79.6 Å². The molecule has 1 aliphatic heterocycles. The van der Waals surface area contributed by atoms with Gasteiger partial charge < -0.3 is 9.67 Å². The summed E-state index contributed by atoms with van der Waals surface area (Å²) in [6.07, 6.45) is 5.41. The molecule has 3 rings (SSSR count). The maximum absolute atomic E-state index is 12.8. The van der Waals surface area contributed by atoms with E-state index in [-0.39, 0.29) is 17.9 Å². The number of hydrogen-bond donors (Lipinski definition) is 1. The molecule has 1 unspecified atom stereocenters. The molecule has 0 saturated carbocycles. The van der Waals surface area contributed by atoms with Gasteiger partial charge in [0.2, 0.25) is 10.0 Å². The van der Waals surface area contributed by atoms with Crippen LogP contribution in [0.15, 0.2) is 47.5 Å². The fourth-order valence-corrected chi connectivity index (χ4v) is 4.24. The van der Waals surface area contributed by atoms with E-state index in [4.69, 9.17) is 0 Å². The van der Waals surface area contributed by atoms with E-state index >= 15 is 0 Å². The Kier molecular flexibility index (Phi) is 3.54. The van der Waals surface area contributed by atoms with Crippen LogP contribution in [0.2, 0.25) is 0 Å². The first kappa shape index (κ1) is 14.8. The van der Waals surface area contributed by atoms with Gasteiger partial charge in [-0.15, -0.1) is 0 Å². The zero-order chi connectivity index (χ0) is 15.9. The van der Waals surface area contributed by atoms with Gasteiger partial charge in [0.25, 0.3) is 0 Å². The van der Waals surface area contributed by atoms with Crippen LogP contribution in [0.25, 0.3) is 10.9 Å². The summed E-state index contributed by atoms with van der Waals surface area (Å²) in [6, 6.07) is 5.68. The molecule has 0 spiro atoms. The highest BCUT2D eigenvalue weighted by molar-refractivity contribution is 7.89. The Balaban J connectivity index is 2.08. The Morgan fingerprint density at radius 3 is 2.77 bits per heavy atom. The van der Waals surface area contributed by atoms with E-state index in [1.165, 1.54) is 6.07 Å². The summed E-state index contributed by atoms with van der Waals surface area (Å²) >= 11 is 0. The molecule has 7 heteroatoms. The molecule has 0 saturated heterocycles. The number of hydrogen-bond acceptors (Lipinski definition) is 3. The molecule has 2 heterocycles. The second kappa shape index (κ2) is 5.26. The summed E-state index contributed by atoms with van der Waals surface area (Å²) < 4.78 is 28.5. The number of rotatable bonds is 3. The Morgan fingerprint density at radius 1 is 1.27 bits per heavy atom. The van der Waals surface area contributed by atoms with Gasteiger partial charge in [0, 0.05) is 25.3 Å². The van der Waals surface area contributed by atoms with Crippen LogP contribution in [0.4, 0.5) is 0 Å². The number of aliphatic carboxylic acids is 1. The van der Waals surface area contributed by atoms with E-state index in [2.05, 4.69) is 0 Å². The van der Waals surface area contributed by atoms with Crippen molar-refractivity contribution in [1.82, 2.24) is 8.87 Å². The molecule has 1 aromatic carbocycles. The summed E-state index contributed by atoms with van der Waals surface area (Å²) in [5.41, 5.74) is 0.792. The molecule has 0 bridgehead atoms. The molecule has 2 aromatic rings. The molecular formula is C15H16N2O4S. The van der Waals surface area contributed by atoms with E-state index < -0.39 is 22.0 Å². The second-order valence-electron chi connectivity index (χ2n) is 5.28. The van der Waals surface area contributed by atoms with Gasteiger partial charge in [-0.2, -0.15) is 4.31 Å². The molecular weight excluding hydrogens is 304 g/mol. The van der Waals surface area contributed by atoms with E-state index in [9.17, 15) is 18.3 Å². The molecule has 6 nitrogen and oxygen atoms in total. The molecule has 0 fully saturated rings. The fraction of sp³-hybridized carbons (Fsp3) is 0.267. The number of benzene rings is 1. The molecule has 1 aliphatic rings. The highest BCUT2D eigenvalue weighted by atomic mass is 32.2. The van der Waals surface area contributed by atoms with Gasteiger partial charge >= 0.3 is 5.97 Å². The van der Waals surface area contributed by atoms with Crippen LogP contribution >= 0.6 is 0 Å². The van der Waals surface area contributed by atoms with Gasteiger partial charge in [0.1, 0.15) is 6.04 Å². The number of fused-ring (bicyclic) bond motifs is 1. The molecule has 0 radical (unpaired) electrons. The minimum absolute atomic E-state index is 0.0739. The molecule has 0 amide bonds. The maximum atomic E-state index is 12.8. The van der Waals surface area contributed by atoms with Crippen LogP contribution in [0.5, 0.6) is 0 Å². The average molecular weight is 320 g/mol. The minimum atomic E-state index is -3.85. The predicted octanol–water partition coefficient (Wildman–Crippen LogP) is 1.58. The molecule has 0 aliphatic carbocycles. The van der Waals surface area contributed by atoms with Crippen molar-refractivity contribution in [3.63, 3.8) is 0 Å². The minimum Gasteiger partial charge on any atom is -0.480 e. The van der Waals surface area contributed by atoms with Crippen LogP contribution in [0.1, 0.15) is 6.42 Å². The lowest BCUT2D eigenvalue weighted by Crippen LogP contribution is -2.46. The van der Waals surface area contributed by atoms with Gasteiger partial charge in [0.05, 0.1) is 4.90 Å². The van der Waals surface area contributed by atoms with Crippen molar-refractivity contribution in [1.29, 1.82) is 0 Å². The summed E-state index contributed by atoms with van der Waals surface area (Å²) in [5, 5.41) is 10.2. The summed E-state index contributed by atoms with van der Waals surface area (Å²) in [4.78, 5) is 11.4. The van der Waals surface area contributed by atoms with Crippen molar-refractivity contribution in [2.45, 2.75) is 17.4 Å². The fourth-order valence-electron chi connectivity index (χ4n) is 2.68. The van der Waals surface area contributed by atoms with E-state index in [0.717, 1.165) is 15.2 Å². The lowest BCUT2D eigenvalue weighted by molar-refractivity contribution is -0.141. The van der Waals surface area contributed by atoms with Crippen molar-refractivity contribution in [2.75, 3.05) is 6.54 Å². The predicted molar refractivity (Wildman–Crippen MR) is 82.0 cm³/mol. The van der Waals surface area contributed by atoms with Crippen LogP contribution in [-0.4, -0.2) is 41.0 Å². The van der Waals surface area contributed by atoms with Crippen LogP contribution < -0.4 is 0 Å². The SMILES string of the molecule is Cn1ccc2ccc(S(=O)(=O)N3CC=CCC3C(=O)O)cc21. The summed E-state index contributed by atoms with van der Waals surface area (Å²) in [7, 11) is -2.02. The lowest BCUT2D eigenvalue weighted by atomic mass is 10.1. The Morgan fingerprint density at radius 2 is 2.05 bits per heavy atom. The lowest BCUT2D eigenvalue weighted by Gasteiger charge is -2.29. The first-order chi connectivity index (χ1) is 10.4. The van der Waals surface area contributed by atoms with Crippen LogP contribution in [0, 0.1) is 0 Å². The van der Waals surface area contributed by atoms with E-state index in [1.54, 1.807) is 24.3 Å². The van der Waals surface area contributed by atoms with Crippen LogP contribution in [-0.2, 0) is 21.9 Å². The van der Waals surface area contributed by atoms with Gasteiger partial charge in [-0.3, -0.25) is 4.79 Å². The van der Waals surface area contributed by atoms with Gasteiger partial charge in [-0.05, 0) is 30.0 Å². The van der Waals surface area contributed by atoms with Crippen molar-refractivity contribution in [3.8, 4) is 0 Å². The van der Waals surface area contributed by atoms with E-state index in [0.29, 0.717) is 0 Å². The largest absolute Gasteiger partial charge is 0.480 e. The highest BCUT2D eigenvalue weighted by Crippen LogP contribution is 2.26. The third-order valence-electron chi connectivity index (χ3n) is 3.91. The summed E-state index contributed by atoms with van der Waals surface area (Å²) in [5.74, 6) is -1.13. The summed E-state index contributed by atoms with van der Waals surface area (Å²) in [6.45, 7) is 0.0739. The average Bonchev–Trinajstić information content (AvgIpc) is 2.88. The first-order valence-corrected chi connectivity index (χ1v) is 8.30. The first-order valence-electron chi connectivity index (χ1n) is 6.86. The highest BCUT2D eigenvalue weighted by Gasteiger charge is 2.36. The van der Waals surface area contributed by atoms with Gasteiger partial charge in [-0.1, -0.05) is 18.2 Å². The number of aryl methyl sites for hydroxylation is 1. The quantitative estimate of drug-likeness (QED) is 0.871. The zero-order valence-corrected chi connectivity index (χ0v) is 12.8. The standard InChI is InChI=1S/C15H16N2O4S/c1-16-9-7-11-5-6-12(10-14(11)16)22(20,21)17-8-3-2-4-13(17)15(18)19/h2-3,5-7,9-10,13H,4,8H2,1H3,(H,18,19). The van der Waals surface area contributed by atoms with Crippen LogP contribution in [0.3, 0.4) is 0 Å². The third-order valence-corrected chi connectivity index (χ3v) is 5.78. The number of aromatic nitrogens is 1. The number of carboxylic acids is 1. The second-order valence-corrected chi connectivity index (χ2v) is 7.17. The number of carboxylic acid groups (broad SMARTS) is 1. The van der Waals surface area contributed by atoms with Gasteiger partial charge in [0.15, 0.2) is 0 Å². The number of carbonyl (C=O) groups is 1. The number of sulfonamides is 1. The van der Waals surface area contributed by atoms with E-state index in [1.807, 2.05) is 23.9 Å². The monoisotopic (exact) mass is 320 g/mol. The molecule has 1 N–H and O–H groups in total. The van der Waals surface area contributed by atoms with Crippen molar-refractivity contribution < 1.29 is 18.3 Å². The maximum Gasteiger partial charge on any atom is 0.322 e. The third kappa shape index (κ3) is 2.32. The number of nitrogens with zero attached hydrogens (tertiary/aromatic N) is 2. The Hall–Kier alpha value is -2.12. The Labute approximate surface area is 128 Å². The van der Waals surface area contributed by atoms with Gasteiger partial charge in [-0.25, -0.2) is 8.42 Å².